The number of hydrogen-bond acceptors (Lipinski definition) is 3. The van der Waals surface area contributed by atoms with Crippen molar-refractivity contribution in [1.82, 2.24) is 0 Å². The zero-order valence-corrected chi connectivity index (χ0v) is 17.4. The zero-order valence-electron chi connectivity index (χ0n) is 17.4. The quantitative estimate of drug-likeness (QED) is 0.630. The summed E-state index contributed by atoms with van der Waals surface area (Å²) < 4.78 is 6.23. The van der Waals surface area contributed by atoms with Gasteiger partial charge in [0, 0.05) is 23.8 Å². The summed E-state index contributed by atoms with van der Waals surface area (Å²) in [5, 5.41) is 0. The first kappa shape index (κ1) is 17.3. The van der Waals surface area contributed by atoms with Crippen LogP contribution in [0.25, 0.3) is 0 Å². The van der Waals surface area contributed by atoms with Crippen LogP contribution in [0.5, 0.6) is 0 Å². The molecule has 3 nitrogen and oxygen atoms in total. The highest BCUT2D eigenvalue weighted by molar-refractivity contribution is 5.91. The molecule has 0 aromatic rings. The molecule has 9 atom stereocenters. The van der Waals surface area contributed by atoms with Gasteiger partial charge in [0.1, 0.15) is 5.60 Å². The average molecular weight is 393 g/mol. The molecule has 0 amide bonds. The number of carbonyl (C=O) groups is 2. The van der Waals surface area contributed by atoms with E-state index in [1.54, 1.807) is 6.08 Å². The highest BCUT2D eigenvalue weighted by Gasteiger charge is 2.79. The van der Waals surface area contributed by atoms with Crippen molar-refractivity contribution in [2.75, 3.05) is 0 Å². The first-order chi connectivity index (χ1) is 14.1. The van der Waals surface area contributed by atoms with Crippen LogP contribution in [-0.4, -0.2) is 17.4 Å². The lowest BCUT2D eigenvalue weighted by Crippen LogP contribution is -2.58. The Morgan fingerprint density at radius 2 is 1.97 bits per heavy atom. The summed E-state index contributed by atoms with van der Waals surface area (Å²) in [4.78, 5) is 24.4. The van der Waals surface area contributed by atoms with Crippen LogP contribution in [0.3, 0.4) is 0 Å². The van der Waals surface area contributed by atoms with Crippen LogP contribution in [0.1, 0.15) is 64.7 Å². The lowest BCUT2D eigenvalue weighted by atomic mass is 9.45. The molecule has 0 radical (unpaired) electrons. The van der Waals surface area contributed by atoms with Gasteiger partial charge in [0.05, 0.1) is 0 Å². The van der Waals surface area contributed by atoms with E-state index < -0.39 is 0 Å². The molecule has 6 aliphatic carbocycles. The number of hydrogen-bond donors (Lipinski definition) is 0. The van der Waals surface area contributed by atoms with Gasteiger partial charge in [0.15, 0.2) is 5.78 Å². The minimum absolute atomic E-state index is 0.107. The topological polar surface area (TPSA) is 43.4 Å². The number of ether oxygens (including phenoxy) is 1. The van der Waals surface area contributed by atoms with E-state index in [1.807, 2.05) is 0 Å². The Balaban J connectivity index is 1.34. The Bertz CT molecular complexity index is 865. The summed E-state index contributed by atoms with van der Waals surface area (Å²) in [5.74, 6) is 6.15. The fourth-order valence-electron chi connectivity index (χ4n) is 9.66. The Morgan fingerprint density at radius 1 is 1.10 bits per heavy atom. The number of esters is 1. The monoisotopic (exact) mass is 392 g/mol. The lowest BCUT2D eigenvalue weighted by molar-refractivity contribution is -0.175. The summed E-state index contributed by atoms with van der Waals surface area (Å²) in [7, 11) is 0. The molecule has 1 spiro atoms. The first-order valence-electron chi connectivity index (χ1n) is 12.2. The van der Waals surface area contributed by atoms with Crippen molar-refractivity contribution >= 4 is 11.8 Å². The van der Waals surface area contributed by atoms with Gasteiger partial charge < -0.3 is 4.74 Å². The zero-order chi connectivity index (χ0) is 19.5. The number of allylic oxidation sites excluding steroid dienone is 1. The first-order valence-corrected chi connectivity index (χ1v) is 12.2. The predicted molar refractivity (Wildman–Crippen MR) is 109 cm³/mol. The minimum Gasteiger partial charge on any atom is -0.451 e. The molecule has 0 aromatic carbocycles. The number of rotatable bonds is 2. The van der Waals surface area contributed by atoms with Gasteiger partial charge in [0.2, 0.25) is 0 Å². The lowest BCUT2D eigenvalue weighted by Gasteiger charge is -2.60. The van der Waals surface area contributed by atoms with E-state index >= 15 is 0 Å². The minimum atomic E-state index is -0.300. The van der Waals surface area contributed by atoms with Crippen LogP contribution in [0.15, 0.2) is 23.8 Å². The van der Waals surface area contributed by atoms with Crippen molar-refractivity contribution in [3.8, 4) is 0 Å². The van der Waals surface area contributed by atoms with Gasteiger partial charge in [-0.05, 0) is 105 Å². The average Bonchev–Trinajstić information content (AvgIpc) is 3.64. The second kappa shape index (κ2) is 5.45. The Kier molecular flexibility index (Phi) is 3.25. The van der Waals surface area contributed by atoms with E-state index in [-0.39, 0.29) is 17.0 Å². The molecule has 1 heterocycles. The van der Waals surface area contributed by atoms with Crippen LogP contribution in [0.4, 0.5) is 0 Å². The van der Waals surface area contributed by atoms with E-state index in [2.05, 4.69) is 19.1 Å². The van der Waals surface area contributed by atoms with Crippen molar-refractivity contribution in [2.45, 2.75) is 70.3 Å². The summed E-state index contributed by atoms with van der Waals surface area (Å²) in [5.41, 5.74) is 1.37. The maximum absolute atomic E-state index is 12.2. The number of ketones is 1. The molecule has 1 aliphatic heterocycles. The third-order valence-corrected chi connectivity index (χ3v) is 10.7. The second-order valence-electron chi connectivity index (χ2n) is 11.4. The molecule has 0 bridgehead atoms. The Hall–Kier alpha value is -1.38. The third-order valence-electron chi connectivity index (χ3n) is 10.7. The molecule has 7 aliphatic rings. The van der Waals surface area contributed by atoms with Gasteiger partial charge in [-0.25, -0.2) is 4.79 Å². The fourth-order valence-corrected chi connectivity index (χ4v) is 9.66. The maximum Gasteiger partial charge on any atom is 0.331 e. The van der Waals surface area contributed by atoms with E-state index in [4.69, 9.17) is 4.74 Å². The van der Waals surface area contributed by atoms with Gasteiger partial charge in [-0.1, -0.05) is 12.5 Å². The molecule has 7 rings (SSSR count). The van der Waals surface area contributed by atoms with Crippen LogP contribution >= 0.6 is 0 Å². The fraction of sp³-hybridized carbons (Fsp3) is 0.769. The summed E-state index contributed by atoms with van der Waals surface area (Å²) in [6, 6.07) is 0. The summed E-state index contributed by atoms with van der Waals surface area (Å²) in [6.07, 6.45) is 16.6. The van der Waals surface area contributed by atoms with Gasteiger partial charge in [0.25, 0.3) is 0 Å². The molecule has 5 fully saturated rings. The van der Waals surface area contributed by atoms with E-state index in [1.165, 1.54) is 44.1 Å². The van der Waals surface area contributed by atoms with Gasteiger partial charge in [-0.15, -0.1) is 0 Å². The molecular weight excluding hydrogens is 360 g/mol. The van der Waals surface area contributed by atoms with Crippen LogP contribution in [0.2, 0.25) is 0 Å². The van der Waals surface area contributed by atoms with Crippen LogP contribution < -0.4 is 0 Å². The van der Waals surface area contributed by atoms with E-state index in [9.17, 15) is 9.59 Å². The number of fused-ring (bicyclic) bond motifs is 9. The van der Waals surface area contributed by atoms with Crippen molar-refractivity contribution in [1.29, 1.82) is 0 Å². The third kappa shape index (κ3) is 2.01. The molecule has 29 heavy (non-hydrogen) atoms. The van der Waals surface area contributed by atoms with Crippen molar-refractivity contribution < 1.29 is 14.3 Å². The summed E-state index contributed by atoms with van der Waals surface area (Å²) >= 11 is 0. The molecular formula is C26H32O3. The molecule has 0 saturated heterocycles. The predicted octanol–water partition coefficient (Wildman–Crippen LogP) is 4.86. The second-order valence-corrected chi connectivity index (χ2v) is 11.4. The molecule has 154 valence electrons. The SMILES string of the molecule is CC[C@]12CCC3C(C(C4CC4)CC4=CC(=O)CC[C@@H]43)C1C1CC1[C@@]21C=CC(=O)O1. The molecule has 3 heteroatoms. The standard InChI is InChI=1S/C26H32O3/c1-2-25-9-7-18-17-6-5-16(27)11-15(17)12-19(14-3-4-14)23(18)24(25)20-13-21(20)26(25)10-8-22(28)29-26/h8,10-11,14,17-21,23-24H,2-7,9,12-13H2,1H3/t17-,18?,19?,20?,21?,23?,24?,25-,26-/m0/s1. The molecule has 5 saturated carbocycles. The van der Waals surface area contributed by atoms with E-state index in [0.717, 1.165) is 54.8 Å². The highest BCUT2D eigenvalue weighted by atomic mass is 16.6. The van der Waals surface area contributed by atoms with Crippen LogP contribution in [-0.2, 0) is 14.3 Å². The molecule has 0 N–H and O–H groups in total. The summed E-state index contributed by atoms with van der Waals surface area (Å²) in [6.45, 7) is 2.36. The largest absolute Gasteiger partial charge is 0.451 e. The highest BCUT2D eigenvalue weighted by Crippen LogP contribution is 2.79. The van der Waals surface area contributed by atoms with Gasteiger partial charge in [-0.2, -0.15) is 0 Å². The van der Waals surface area contributed by atoms with Crippen molar-refractivity contribution in [2.24, 2.45) is 52.8 Å². The molecule has 6 unspecified atom stereocenters. The maximum atomic E-state index is 12.2. The van der Waals surface area contributed by atoms with Gasteiger partial charge in [-0.3, -0.25) is 4.79 Å². The smallest absolute Gasteiger partial charge is 0.331 e. The Morgan fingerprint density at radius 3 is 2.69 bits per heavy atom. The van der Waals surface area contributed by atoms with E-state index in [0.29, 0.717) is 17.6 Å². The van der Waals surface area contributed by atoms with Crippen molar-refractivity contribution in [3.63, 3.8) is 0 Å². The van der Waals surface area contributed by atoms with Gasteiger partial charge >= 0.3 is 5.97 Å². The van der Waals surface area contributed by atoms with Crippen LogP contribution in [0, 0.1) is 52.8 Å². The van der Waals surface area contributed by atoms with Crippen molar-refractivity contribution in [3.05, 3.63) is 23.8 Å². The Labute approximate surface area is 173 Å². The number of carbonyl (C=O) groups excluding carboxylic acids is 2. The molecule has 0 aromatic heterocycles. The normalized spacial score (nSPS) is 54.4.